The van der Waals surface area contributed by atoms with Crippen molar-refractivity contribution in [2.45, 2.75) is 25.4 Å². The van der Waals surface area contributed by atoms with Crippen LogP contribution in [-0.4, -0.2) is 38.1 Å². The average molecular weight is 365 g/mol. The minimum absolute atomic E-state index is 0.0627. The molecule has 7 nitrogen and oxygen atoms in total. The zero-order valence-corrected chi connectivity index (χ0v) is 15.3. The third kappa shape index (κ3) is 3.32. The molecule has 3 aromatic rings. The van der Waals surface area contributed by atoms with Crippen LogP contribution in [0.15, 0.2) is 53.5 Å². The summed E-state index contributed by atoms with van der Waals surface area (Å²) in [6, 6.07) is 13.4. The Morgan fingerprint density at radius 3 is 2.85 bits per heavy atom. The van der Waals surface area contributed by atoms with E-state index in [1.54, 1.807) is 27.3 Å². The Morgan fingerprint density at radius 2 is 2.04 bits per heavy atom. The van der Waals surface area contributed by atoms with Crippen molar-refractivity contribution in [2.24, 2.45) is 7.05 Å². The van der Waals surface area contributed by atoms with Gasteiger partial charge >= 0.3 is 11.7 Å². The van der Waals surface area contributed by atoms with Gasteiger partial charge in [0.05, 0.1) is 11.6 Å². The number of piperidine rings is 1. The molecule has 1 fully saturated rings. The Bertz CT molecular complexity index is 1010. The van der Waals surface area contributed by atoms with E-state index in [1.165, 1.54) is 0 Å². The maximum Gasteiger partial charge on any atom is 0.330 e. The number of fused-ring (bicyclic) bond motifs is 1. The Balaban J connectivity index is 1.51. The van der Waals surface area contributed by atoms with E-state index >= 15 is 0 Å². The molecular formula is C20H23N5O2. The van der Waals surface area contributed by atoms with Gasteiger partial charge in [-0.15, -0.1) is 0 Å². The van der Waals surface area contributed by atoms with Gasteiger partial charge in [0.1, 0.15) is 0 Å². The highest BCUT2D eigenvalue weighted by Crippen LogP contribution is 2.23. The molecule has 1 aromatic carbocycles. The van der Waals surface area contributed by atoms with Gasteiger partial charge in [0.15, 0.2) is 5.65 Å². The summed E-state index contributed by atoms with van der Waals surface area (Å²) in [6.07, 6.45) is 3.42. The number of amides is 2. The minimum Gasteiger partial charge on any atom is -0.334 e. The molecule has 1 N–H and O–H groups in total. The number of aryl methyl sites for hydroxylation is 1. The lowest BCUT2D eigenvalue weighted by molar-refractivity contribution is 0.166. The predicted molar refractivity (Wildman–Crippen MR) is 103 cm³/mol. The molecule has 1 aliphatic heterocycles. The third-order valence-corrected chi connectivity index (χ3v) is 5.18. The number of hydrogen-bond donors (Lipinski definition) is 1. The van der Waals surface area contributed by atoms with Crippen molar-refractivity contribution in [3.8, 4) is 0 Å². The number of rotatable bonds is 3. The van der Waals surface area contributed by atoms with Gasteiger partial charge in [-0.1, -0.05) is 30.3 Å². The number of benzene rings is 1. The Morgan fingerprint density at radius 1 is 1.22 bits per heavy atom. The normalized spacial score (nSPS) is 17.2. The number of nitrogens with one attached hydrogen (secondary N) is 1. The molecule has 1 atom stereocenters. The van der Waals surface area contributed by atoms with Crippen LogP contribution >= 0.6 is 0 Å². The number of imidazole rings is 1. The molecule has 140 valence electrons. The summed E-state index contributed by atoms with van der Waals surface area (Å²) in [7, 11) is 1.76. The van der Waals surface area contributed by atoms with E-state index in [2.05, 4.69) is 10.3 Å². The van der Waals surface area contributed by atoms with E-state index in [-0.39, 0.29) is 17.8 Å². The lowest BCUT2D eigenvalue weighted by Crippen LogP contribution is -2.47. The zero-order valence-electron chi connectivity index (χ0n) is 15.3. The first-order valence-corrected chi connectivity index (χ1v) is 9.24. The number of hydrogen-bond acceptors (Lipinski definition) is 3. The molecule has 3 heterocycles. The van der Waals surface area contributed by atoms with Gasteiger partial charge in [0.2, 0.25) is 0 Å². The molecule has 2 amide bonds. The summed E-state index contributed by atoms with van der Waals surface area (Å²) in [5.41, 5.74) is 2.48. The Kier molecular flexibility index (Phi) is 4.66. The van der Waals surface area contributed by atoms with Crippen LogP contribution in [0.5, 0.6) is 0 Å². The van der Waals surface area contributed by atoms with E-state index in [9.17, 15) is 9.59 Å². The van der Waals surface area contributed by atoms with Gasteiger partial charge in [-0.2, -0.15) is 0 Å². The first kappa shape index (κ1) is 17.3. The molecule has 27 heavy (non-hydrogen) atoms. The van der Waals surface area contributed by atoms with Crippen molar-refractivity contribution in [3.63, 3.8) is 0 Å². The number of carbonyl (C=O) groups is 1. The number of likely N-dealkylation sites (tertiary alicyclic amines) is 1. The van der Waals surface area contributed by atoms with Gasteiger partial charge in [0.25, 0.3) is 0 Å². The van der Waals surface area contributed by atoms with Crippen LogP contribution in [0.4, 0.5) is 4.79 Å². The Labute approximate surface area is 157 Å². The molecule has 4 rings (SSSR count). The van der Waals surface area contributed by atoms with Gasteiger partial charge < -0.3 is 10.2 Å². The van der Waals surface area contributed by atoms with E-state index in [0.29, 0.717) is 25.3 Å². The molecule has 0 unspecified atom stereocenters. The smallest absolute Gasteiger partial charge is 0.330 e. The number of pyridine rings is 1. The van der Waals surface area contributed by atoms with Crippen LogP contribution in [0.1, 0.15) is 24.4 Å². The molecule has 2 aromatic heterocycles. The van der Waals surface area contributed by atoms with E-state index < -0.39 is 0 Å². The van der Waals surface area contributed by atoms with E-state index in [1.807, 2.05) is 42.5 Å². The van der Waals surface area contributed by atoms with Gasteiger partial charge in [-0.05, 0) is 30.5 Å². The summed E-state index contributed by atoms with van der Waals surface area (Å²) in [6.45, 7) is 1.71. The number of aromatic nitrogens is 3. The molecule has 0 radical (unpaired) electrons. The van der Waals surface area contributed by atoms with E-state index in [4.69, 9.17) is 0 Å². The highest BCUT2D eigenvalue weighted by Gasteiger charge is 2.28. The predicted octanol–water partition coefficient (Wildman–Crippen LogP) is 2.28. The molecule has 0 aliphatic carbocycles. The van der Waals surface area contributed by atoms with Crippen molar-refractivity contribution >= 4 is 17.2 Å². The molecule has 1 saturated heterocycles. The first-order chi connectivity index (χ1) is 13.1. The molecule has 0 bridgehead atoms. The van der Waals surface area contributed by atoms with Gasteiger partial charge in [-0.25, -0.2) is 14.6 Å². The molecule has 7 heteroatoms. The second kappa shape index (κ2) is 7.26. The van der Waals surface area contributed by atoms with Crippen molar-refractivity contribution in [3.05, 3.63) is 64.7 Å². The lowest BCUT2D eigenvalue weighted by Gasteiger charge is -2.33. The summed E-state index contributed by atoms with van der Waals surface area (Å²) in [5.74, 6) is 0. The van der Waals surface area contributed by atoms with Crippen molar-refractivity contribution < 1.29 is 4.79 Å². The average Bonchev–Trinajstić information content (AvgIpc) is 2.98. The number of nitrogens with zero attached hydrogens (tertiary/aromatic N) is 4. The quantitative estimate of drug-likeness (QED) is 0.774. The maximum atomic E-state index is 12.7. The van der Waals surface area contributed by atoms with Crippen molar-refractivity contribution in [2.75, 3.05) is 13.1 Å². The number of carbonyl (C=O) groups excluding carboxylic acids is 1. The zero-order chi connectivity index (χ0) is 18.8. The highest BCUT2D eigenvalue weighted by atomic mass is 16.2. The molecular weight excluding hydrogens is 342 g/mol. The van der Waals surface area contributed by atoms with Gasteiger partial charge in [-0.3, -0.25) is 9.13 Å². The second-order valence-corrected chi connectivity index (χ2v) is 6.94. The van der Waals surface area contributed by atoms with Crippen molar-refractivity contribution in [1.82, 2.24) is 24.3 Å². The highest BCUT2D eigenvalue weighted by molar-refractivity contribution is 5.74. The summed E-state index contributed by atoms with van der Waals surface area (Å²) >= 11 is 0. The van der Waals surface area contributed by atoms with Crippen molar-refractivity contribution in [1.29, 1.82) is 0 Å². The SMILES string of the molecule is Cn1c(=O)n([C@H]2CCCN(C(=O)NCc3ccccc3)C2)c2ncccc21. The fraction of sp³-hybridized carbons (Fsp3) is 0.350. The van der Waals surface area contributed by atoms with Crippen LogP contribution in [0.25, 0.3) is 11.2 Å². The topological polar surface area (TPSA) is 72.2 Å². The number of urea groups is 1. The van der Waals surface area contributed by atoms with E-state index in [0.717, 1.165) is 23.9 Å². The van der Waals surface area contributed by atoms with Crippen LogP contribution in [0.2, 0.25) is 0 Å². The second-order valence-electron chi connectivity index (χ2n) is 6.94. The monoisotopic (exact) mass is 365 g/mol. The Hall–Kier alpha value is -3.09. The lowest BCUT2D eigenvalue weighted by atomic mass is 10.1. The molecule has 0 saturated carbocycles. The summed E-state index contributed by atoms with van der Waals surface area (Å²) in [5, 5.41) is 2.98. The molecule has 1 aliphatic rings. The third-order valence-electron chi connectivity index (χ3n) is 5.18. The van der Waals surface area contributed by atoms with Crippen LogP contribution in [-0.2, 0) is 13.6 Å². The van der Waals surface area contributed by atoms with Crippen LogP contribution < -0.4 is 11.0 Å². The largest absolute Gasteiger partial charge is 0.334 e. The summed E-state index contributed by atoms with van der Waals surface area (Å²) in [4.78, 5) is 31.6. The van der Waals surface area contributed by atoms with Crippen LogP contribution in [0, 0.1) is 0 Å². The minimum atomic E-state index is -0.0928. The maximum absolute atomic E-state index is 12.7. The fourth-order valence-corrected chi connectivity index (χ4v) is 3.76. The fourth-order valence-electron chi connectivity index (χ4n) is 3.76. The summed E-state index contributed by atoms with van der Waals surface area (Å²) < 4.78 is 3.36. The van der Waals surface area contributed by atoms with Gasteiger partial charge in [0, 0.05) is 32.9 Å². The van der Waals surface area contributed by atoms with Crippen LogP contribution in [0.3, 0.4) is 0 Å². The standard InChI is InChI=1S/C20H23N5O2/c1-23-17-10-5-11-21-18(17)25(20(23)27)16-9-6-12-24(14-16)19(26)22-13-15-7-3-2-4-8-15/h2-5,7-8,10-11,16H,6,9,12-14H2,1H3,(H,22,26)/t16-/m0/s1. The first-order valence-electron chi connectivity index (χ1n) is 9.24. The molecule has 0 spiro atoms.